The van der Waals surface area contributed by atoms with Crippen molar-refractivity contribution in [1.82, 2.24) is 0 Å². The molecule has 2 heterocycles. The van der Waals surface area contributed by atoms with Gasteiger partial charge in [0.1, 0.15) is 29.7 Å². The fourth-order valence-electron chi connectivity index (χ4n) is 6.94. The fraction of sp³-hybridized carbons (Fsp3) is 0.758. The van der Waals surface area contributed by atoms with Gasteiger partial charge in [-0.15, -0.1) is 0 Å². The third-order valence-electron chi connectivity index (χ3n) is 9.37. The Kier molecular flexibility index (Phi) is 11.3. The van der Waals surface area contributed by atoms with Gasteiger partial charge in [0.05, 0.1) is 18.4 Å². The number of hydrogen-bond donors (Lipinski definition) is 0. The van der Waals surface area contributed by atoms with Gasteiger partial charge in [-0.2, -0.15) is 0 Å². The Morgan fingerprint density at radius 1 is 1.00 bits per heavy atom. The number of esters is 4. The minimum Gasteiger partial charge on any atom is -0.487 e. The molecule has 2 bridgehead atoms. The number of unbranched alkanes of at least 4 members (excludes halogenated alkanes) is 2. The van der Waals surface area contributed by atoms with E-state index < -0.39 is 53.1 Å². The summed E-state index contributed by atoms with van der Waals surface area (Å²) in [6.07, 6.45) is 7.06. The molecular formula is C33H50O9. The number of carbonyl (C=O) groups excluding carboxylic acids is 4. The van der Waals surface area contributed by atoms with E-state index in [1.54, 1.807) is 6.92 Å². The van der Waals surface area contributed by atoms with E-state index in [2.05, 4.69) is 6.92 Å². The van der Waals surface area contributed by atoms with Crippen LogP contribution in [0.1, 0.15) is 106 Å². The zero-order valence-corrected chi connectivity index (χ0v) is 26.7. The highest BCUT2D eigenvalue weighted by Crippen LogP contribution is 2.58. The smallest absolute Gasteiger partial charge is 0.312 e. The molecule has 0 amide bonds. The van der Waals surface area contributed by atoms with Gasteiger partial charge in [-0.05, 0) is 45.6 Å². The minimum absolute atomic E-state index is 0.261. The number of fused-ring (bicyclic) bond motifs is 4. The van der Waals surface area contributed by atoms with Crippen LogP contribution in [-0.2, 0) is 42.9 Å². The van der Waals surface area contributed by atoms with Gasteiger partial charge in [-0.3, -0.25) is 19.2 Å². The molecular weight excluding hydrogens is 540 g/mol. The molecule has 2 fully saturated rings. The second kappa shape index (κ2) is 14.1. The molecule has 3 aliphatic rings. The first-order chi connectivity index (χ1) is 19.8. The van der Waals surface area contributed by atoms with Crippen molar-refractivity contribution in [2.75, 3.05) is 7.11 Å². The van der Waals surface area contributed by atoms with Crippen molar-refractivity contribution >= 4 is 23.9 Å². The first-order valence-electron chi connectivity index (χ1n) is 15.6. The predicted molar refractivity (Wildman–Crippen MR) is 156 cm³/mol. The number of rotatable bonds is 11. The molecule has 0 unspecified atom stereocenters. The molecule has 8 atom stereocenters. The number of methoxy groups -OCH3 is 1. The van der Waals surface area contributed by atoms with Gasteiger partial charge in [-0.1, -0.05) is 46.6 Å². The Labute approximate surface area is 250 Å². The summed E-state index contributed by atoms with van der Waals surface area (Å²) >= 11 is 0. The zero-order chi connectivity index (χ0) is 31.2. The van der Waals surface area contributed by atoms with Crippen LogP contribution in [0, 0.1) is 23.2 Å². The molecule has 236 valence electrons. The molecule has 0 aromatic carbocycles. The van der Waals surface area contributed by atoms with Crippen molar-refractivity contribution in [2.24, 2.45) is 23.2 Å². The normalized spacial score (nSPS) is 32.8. The Balaban J connectivity index is 2.21. The van der Waals surface area contributed by atoms with E-state index in [1.165, 1.54) is 14.0 Å². The molecule has 9 heteroatoms. The van der Waals surface area contributed by atoms with Crippen molar-refractivity contribution < 1.29 is 42.9 Å². The molecule has 1 saturated heterocycles. The molecule has 0 aromatic rings. The van der Waals surface area contributed by atoms with Gasteiger partial charge in [0.2, 0.25) is 0 Å². The monoisotopic (exact) mass is 590 g/mol. The van der Waals surface area contributed by atoms with Gasteiger partial charge in [0, 0.05) is 43.6 Å². The molecule has 0 spiro atoms. The van der Waals surface area contributed by atoms with Gasteiger partial charge < -0.3 is 23.7 Å². The predicted octanol–water partition coefficient (Wildman–Crippen LogP) is 5.99. The second-order valence-corrected chi connectivity index (χ2v) is 12.6. The molecule has 3 rings (SSSR count). The maximum absolute atomic E-state index is 13.0. The third-order valence-corrected chi connectivity index (χ3v) is 9.37. The molecule has 2 aliphatic heterocycles. The lowest BCUT2D eigenvalue weighted by Crippen LogP contribution is -2.62. The van der Waals surface area contributed by atoms with Crippen LogP contribution >= 0.6 is 0 Å². The number of allylic oxidation sites excluding steroid dienone is 2. The SMILES string of the molecule is CCCCCC(=O)O[C@@H]1C[C@H](OC(C)=O)[C@]2(C)[C@H](OC(=O)CCC)CC[C@]3(C)C=CC([C@@H](C)C(=O)OC)=C(O3)[C@H]2[C@@H]1C. The number of carbonyl (C=O) groups is 4. The maximum Gasteiger partial charge on any atom is 0.312 e. The largest absolute Gasteiger partial charge is 0.487 e. The second-order valence-electron chi connectivity index (χ2n) is 12.6. The highest BCUT2D eigenvalue weighted by molar-refractivity contribution is 5.76. The molecule has 1 aliphatic carbocycles. The summed E-state index contributed by atoms with van der Waals surface area (Å²) in [5.41, 5.74) is -1.01. The van der Waals surface area contributed by atoms with E-state index in [0.717, 1.165) is 19.3 Å². The van der Waals surface area contributed by atoms with E-state index in [4.69, 9.17) is 23.7 Å². The van der Waals surface area contributed by atoms with Crippen molar-refractivity contribution in [3.8, 4) is 0 Å². The standard InChI is InChI=1S/C33H50O9/c1-9-11-12-14-28(36)40-24-19-26(39-22(5)34)33(7)25(41-27(35)13-10-2)16-18-32(6)17-15-23(20(3)31(37)38-8)30(42-32)29(33)21(24)4/h15,17,20-21,24-26,29H,9-14,16,18-19H2,1-8H3/t20-,21-,24-,25-,26+,29-,32+,33+/m1/s1. The van der Waals surface area contributed by atoms with Gasteiger partial charge in [-0.25, -0.2) is 0 Å². The van der Waals surface area contributed by atoms with Crippen LogP contribution in [0.5, 0.6) is 0 Å². The Morgan fingerprint density at radius 2 is 1.69 bits per heavy atom. The van der Waals surface area contributed by atoms with Crippen molar-refractivity contribution in [3.63, 3.8) is 0 Å². The summed E-state index contributed by atoms with van der Waals surface area (Å²) in [5, 5.41) is 0. The average Bonchev–Trinajstić information content (AvgIpc) is 2.92. The molecule has 42 heavy (non-hydrogen) atoms. The zero-order valence-electron chi connectivity index (χ0n) is 26.7. The number of ether oxygens (including phenoxy) is 5. The Hall–Kier alpha value is -2.84. The first-order valence-corrected chi connectivity index (χ1v) is 15.6. The summed E-state index contributed by atoms with van der Waals surface area (Å²) in [5.74, 6) is -2.42. The number of hydrogen-bond acceptors (Lipinski definition) is 9. The van der Waals surface area contributed by atoms with Crippen LogP contribution < -0.4 is 0 Å². The lowest BCUT2D eigenvalue weighted by Gasteiger charge is -2.57. The Morgan fingerprint density at radius 3 is 2.31 bits per heavy atom. The topological polar surface area (TPSA) is 114 Å². The summed E-state index contributed by atoms with van der Waals surface area (Å²) in [6.45, 7) is 13.1. The fourth-order valence-corrected chi connectivity index (χ4v) is 6.94. The minimum atomic E-state index is -0.942. The Bertz CT molecular complexity index is 1080. The van der Waals surface area contributed by atoms with Crippen LogP contribution in [-0.4, -0.2) is 54.9 Å². The molecule has 9 nitrogen and oxygen atoms in total. The van der Waals surface area contributed by atoms with Crippen LogP contribution in [0.2, 0.25) is 0 Å². The van der Waals surface area contributed by atoms with Gasteiger partial charge in [0.25, 0.3) is 0 Å². The van der Waals surface area contributed by atoms with Crippen molar-refractivity contribution in [1.29, 1.82) is 0 Å². The van der Waals surface area contributed by atoms with Crippen molar-refractivity contribution in [3.05, 3.63) is 23.5 Å². The van der Waals surface area contributed by atoms with E-state index in [-0.39, 0.29) is 30.7 Å². The first kappa shape index (κ1) is 33.7. The third kappa shape index (κ3) is 7.20. The van der Waals surface area contributed by atoms with Crippen LogP contribution in [0.3, 0.4) is 0 Å². The lowest BCUT2D eigenvalue weighted by molar-refractivity contribution is -0.218. The molecule has 0 N–H and O–H groups in total. The van der Waals surface area contributed by atoms with E-state index in [1.807, 2.05) is 39.8 Å². The molecule has 1 saturated carbocycles. The summed E-state index contributed by atoms with van der Waals surface area (Å²) < 4.78 is 30.2. The van der Waals surface area contributed by atoms with Gasteiger partial charge in [0.15, 0.2) is 0 Å². The van der Waals surface area contributed by atoms with Crippen LogP contribution in [0.4, 0.5) is 0 Å². The van der Waals surface area contributed by atoms with Crippen LogP contribution in [0.15, 0.2) is 23.5 Å². The lowest BCUT2D eigenvalue weighted by atomic mass is 9.55. The van der Waals surface area contributed by atoms with Crippen LogP contribution in [0.25, 0.3) is 0 Å². The molecule has 0 aromatic heterocycles. The highest BCUT2D eigenvalue weighted by atomic mass is 16.6. The average molecular weight is 591 g/mol. The quantitative estimate of drug-likeness (QED) is 0.163. The summed E-state index contributed by atoms with van der Waals surface area (Å²) in [6, 6.07) is 0. The van der Waals surface area contributed by atoms with E-state index >= 15 is 0 Å². The maximum atomic E-state index is 13.0. The van der Waals surface area contributed by atoms with Gasteiger partial charge >= 0.3 is 23.9 Å². The van der Waals surface area contributed by atoms with Crippen molar-refractivity contribution in [2.45, 2.75) is 130 Å². The highest BCUT2D eigenvalue weighted by Gasteiger charge is 2.62. The van der Waals surface area contributed by atoms with E-state index in [9.17, 15) is 19.2 Å². The summed E-state index contributed by atoms with van der Waals surface area (Å²) in [4.78, 5) is 51.2. The molecule has 0 radical (unpaired) electrons. The van der Waals surface area contributed by atoms with E-state index in [0.29, 0.717) is 37.0 Å². The summed E-state index contributed by atoms with van der Waals surface area (Å²) in [7, 11) is 1.35.